The summed E-state index contributed by atoms with van der Waals surface area (Å²) in [7, 11) is 0. The molecule has 1 saturated heterocycles. The summed E-state index contributed by atoms with van der Waals surface area (Å²) in [6.45, 7) is 6.12. The first-order valence-corrected chi connectivity index (χ1v) is 11.9. The summed E-state index contributed by atoms with van der Waals surface area (Å²) in [6.07, 6.45) is 0.681. The van der Waals surface area contributed by atoms with Gasteiger partial charge in [-0.3, -0.25) is 19.3 Å². The zero-order valence-electron chi connectivity index (χ0n) is 19.8. The van der Waals surface area contributed by atoms with E-state index in [1.54, 1.807) is 23.1 Å². The van der Waals surface area contributed by atoms with Gasteiger partial charge in [0.2, 0.25) is 0 Å². The van der Waals surface area contributed by atoms with Gasteiger partial charge >= 0.3 is 0 Å². The molecule has 1 atom stereocenters. The number of fused-ring (bicyclic) bond motifs is 1. The van der Waals surface area contributed by atoms with E-state index in [-0.39, 0.29) is 23.8 Å². The van der Waals surface area contributed by atoms with E-state index in [1.165, 1.54) is 4.90 Å². The van der Waals surface area contributed by atoms with Crippen LogP contribution in [0.1, 0.15) is 51.3 Å². The number of hydrogen-bond acceptors (Lipinski definition) is 6. The van der Waals surface area contributed by atoms with Gasteiger partial charge in [-0.15, -0.1) is 10.2 Å². The molecule has 3 amide bonds. The summed E-state index contributed by atoms with van der Waals surface area (Å²) in [5.41, 5.74) is 2.95. The van der Waals surface area contributed by atoms with Crippen molar-refractivity contribution in [1.82, 2.24) is 20.0 Å². The lowest BCUT2D eigenvalue weighted by Gasteiger charge is -2.35. The third kappa shape index (κ3) is 4.16. The van der Waals surface area contributed by atoms with Gasteiger partial charge in [-0.1, -0.05) is 37.3 Å². The van der Waals surface area contributed by atoms with Gasteiger partial charge in [0.25, 0.3) is 17.7 Å². The summed E-state index contributed by atoms with van der Waals surface area (Å²) >= 11 is 0. The van der Waals surface area contributed by atoms with Crippen LogP contribution in [0.5, 0.6) is 0 Å². The van der Waals surface area contributed by atoms with E-state index in [1.807, 2.05) is 56.3 Å². The number of benzene rings is 2. The largest absolute Gasteiger partial charge is 0.352 e. The van der Waals surface area contributed by atoms with Crippen LogP contribution in [0.4, 0.5) is 5.82 Å². The van der Waals surface area contributed by atoms with Crippen molar-refractivity contribution in [3.05, 3.63) is 77.4 Å². The second kappa shape index (κ2) is 9.29. The van der Waals surface area contributed by atoms with E-state index < -0.39 is 0 Å². The number of carbonyl (C=O) groups is 3. The molecule has 0 aliphatic carbocycles. The molecule has 1 fully saturated rings. The third-order valence-electron chi connectivity index (χ3n) is 6.81. The van der Waals surface area contributed by atoms with Crippen LogP contribution in [-0.2, 0) is 0 Å². The number of rotatable bonds is 5. The average molecular weight is 470 g/mol. The first-order valence-electron chi connectivity index (χ1n) is 11.9. The van der Waals surface area contributed by atoms with Crippen molar-refractivity contribution in [1.29, 1.82) is 0 Å². The van der Waals surface area contributed by atoms with Gasteiger partial charge < -0.3 is 9.80 Å². The minimum Gasteiger partial charge on any atom is -0.352 e. The number of aromatic nitrogens is 2. The predicted octanol–water partition coefficient (Wildman–Crippen LogP) is 3.50. The Morgan fingerprint density at radius 2 is 1.60 bits per heavy atom. The lowest BCUT2D eigenvalue weighted by atomic mass is 10.0. The van der Waals surface area contributed by atoms with Crippen molar-refractivity contribution in [3.63, 3.8) is 0 Å². The van der Waals surface area contributed by atoms with E-state index in [0.29, 0.717) is 49.3 Å². The van der Waals surface area contributed by atoms with E-state index in [0.717, 1.165) is 17.1 Å². The van der Waals surface area contributed by atoms with E-state index in [4.69, 9.17) is 0 Å². The molecule has 2 aromatic carbocycles. The summed E-state index contributed by atoms with van der Waals surface area (Å²) < 4.78 is 0. The van der Waals surface area contributed by atoms with E-state index in [2.05, 4.69) is 15.1 Å². The predicted molar refractivity (Wildman–Crippen MR) is 132 cm³/mol. The number of piperazine rings is 1. The van der Waals surface area contributed by atoms with Gasteiger partial charge in [0.05, 0.1) is 16.8 Å². The van der Waals surface area contributed by atoms with Crippen molar-refractivity contribution < 1.29 is 14.4 Å². The highest BCUT2D eigenvalue weighted by Crippen LogP contribution is 2.27. The quantitative estimate of drug-likeness (QED) is 0.532. The molecule has 3 heterocycles. The first kappa shape index (κ1) is 22.7. The van der Waals surface area contributed by atoms with Crippen LogP contribution in [-0.4, -0.2) is 69.9 Å². The number of anilines is 1. The van der Waals surface area contributed by atoms with Crippen molar-refractivity contribution >= 4 is 23.5 Å². The Morgan fingerprint density at radius 3 is 2.26 bits per heavy atom. The van der Waals surface area contributed by atoms with Crippen molar-refractivity contribution in [3.8, 4) is 11.3 Å². The molecule has 1 aromatic heterocycles. The van der Waals surface area contributed by atoms with Crippen LogP contribution in [0.3, 0.4) is 0 Å². The maximum absolute atomic E-state index is 13.2. The maximum Gasteiger partial charge on any atom is 0.261 e. The average Bonchev–Trinajstić information content (AvgIpc) is 3.17. The molecule has 178 valence electrons. The zero-order chi connectivity index (χ0) is 24.5. The van der Waals surface area contributed by atoms with Crippen LogP contribution in [0.2, 0.25) is 0 Å². The molecule has 35 heavy (non-hydrogen) atoms. The zero-order valence-corrected chi connectivity index (χ0v) is 19.8. The fourth-order valence-electron chi connectivity index (χ4n) is 4.55. The molecular weight excluding hydrogens is 442 g/mol. The minimum atomic E-state index is -0.323. The monoisotopic (exact) mass is 469 g/mol. The van der Waals surface area contributed by atoms with Gasteiger partial charge in [-0.25, -0.2) is 0 Å². The van der Waals surface area contributed by atoms with Crippen LogP contribution >= 0.6 is 0 Å². The van der Waals surface area contributed by atoms with Gasteiger partial charge in [0.15, 0.2) is 5.82 Å². The van der Waals surface area contributed by atoms with Crippen LogP contribution in [0.25, 0.3) is 11.3 Å². The van der Waals surface area contributed by atoms with Crippen molar-refractivity contribution in [2.24, 2.45) is 0 Å². The molecule has 2 aliphatic heterocycles. The Kier molecular flexibility index (Phi) is 6.03. The summed E-state index contributed by atoms with van der Waals surface area (Å²) in [4.78, 5) is 43.8. The fraction of sp³-hybridized carbons (Fsp3) is 0.296. The summed E-state index contributed by atoms with van der Waals surface area (Å²) in [5, 5.41) is 8.75. The molecule has 3 aromatic rings. The topological polar surface area (TPSA) is 86.7 Å². The SMILES string of the molecule is CCC(C)N1C(=O)c2ccc(C(=O)N3CCN(c4ccc(-c5ccccc5)nn4)CC3)cc2C1=O. The second-order valence-corrected chi connectivity index (χ2v) is 8.92. The molecule has 2 aliphatic rings. The Balaban J connectivity index is 1.25. The van der Waals surface area contributed by atoms with Crippen molar-refractivity contribution in [2.45, 2.75) is 26.3 Å². The number of imide groups is 1. The highest BCUT2D eigenvalue weighted by molar-refractivity contribution is 6.22. The number of amides is 3. The Hall–Kier alpha value is -4.07. The fourth-order valence-corrected chi connectivity index (χ4v) is 4.55. The maximum atomic E-state index is 13.2. The smallest absolute Gasteiger partial charge is 0.261 e. The molecule has 8 heteroatoms. The lowest BCUT2D eigenvalue weighted by Crippen LogP contribution is -2.49. The first-order chi connectivity index (χ1) is 17.0. The summed E-state index contributed by atoms with van der Waals surface area (Å²) in [5.74, 6) is 0.0338. The molecule has 0 spiro atoms. The van der Waals surface area contributed by atoms with Gasteiger partial charge in [0.1, 0.15) is 0 Å². The molecule has 0 bridgehead atoms. The standard InChI is InChI=1S/C27H27N5O3/c1-3-18(2)32-26(34)21-10-9-20(17-22(21)27(32)35)25(33)31-15-13-30(14-16-31)24-12-11-23(28-29-24)19-7-5-4-6-8-19/h4-12,17-18H,3,13-16H2,1-2H3. The number of nitrogens with zero attached hydrogens (tertiary/aromatic N) is 5. The molecule has 0 N–H and O–H groups in total. The normalized spacial score (nSPS) is 16.5. The minimum absolute atomic E-state index is 0.139. The second-order valence-electron chi connectivity index (χ2n) is 8.92. The van der Waals surface area contributed by atoms with E-state index >= 15 is 0 Å². The Morgan fingerprint density at radius 1 is 0.886 bits per heavy atom. The highest BCUT2D eigenvalue weighted by atomic mass is 16.2. The van der Waals surface area contributed by atoms with Crippen LogP contribution in [0.15, 0.2) is 60.7 Å². The molecular formula is C27H27N5O3. The van der Waals surface area contributed by atoms with Gasteiger partial charge in [-0.2, -0.15) is 0 Å². The number of carbonyl (C=O) groups excluding carboxylic acids is 3. The van der Waals surface area contributed by atoms with Crippen molar-refractivity contribution in [2.75, 3.05) is 31.1 Å². The molecule has 0 saturated carbocycles. The highest BCUT2D eigenvalue weighted by Gasteiger charge is 2.38. The third-order valence-corrected chi connectivity index (χ3v) is 6.81. The summed E-state index contributed by atoms with van der Waals surface area (Å²) in [6, 6.07) is 18.5. The van der Waals surface area contributed by atoms with E-state index in [9.17, 15) is 14.4 Å². The molecule has 1 unspecified atom stereocenters. The molecule has 0 radical (unpaired) electrons. The lowest BCUT2D eigenvalue weighted by molar-refractivity contribution is 0.0593. The Bertz CT molecular complexity index is 1270. The Labute approximate surface area is 204 Å². The number of hydrogen-bond donors (Lipinski definition) is 0. The molecule has 8 nitrogen and oxygen atoms in total. The van der Waals surface area contributed by atoms with Gasteiger partial charge in [0, 0.05) is 43.3 Å². The van der Waals surface area contributed by atoms with Crippen LogP contribution < -0.4 is 4.90 Å². The van der Waals surface area contributed by atoms with Gasteiger partial charge in [-0.05, 0) is 43.7 Å². The van der Waals surface area contributed by atoms with Crippen LogP contribution in [0, 0.1) is 0 Å². The molecule has 5 rings (SSSR count).